The first-order valence-electron chi connectivity index (χ1n) is 6.34. The van der Waals surface area contributed by atoms with E-state index in [1.54, 1.807) is 18.2 Å². The molecule has 6 heteroatoms. The molecule has 2 rings (SSSR count). The molecule has 0 aromatic heterocycles. The fraction of sp³-hybridized carbons (Fsp3) is 0.0625. The molecule has 112 valence electrons. The molecule has 2 aromatic carbocycles. The zero-order chi connectivity index (χ0) is 16.3. The Morgan fingerprint density at radius 2 is 1.73 bits per heavy atom. The highest BCUT2D eigenvalue weighted by Gasteiger charge is 2.19. The Morgan fingerprint density at radius 3 is 2.32 bits per heavy atom. The van der Waals surface area contributed by atoms with Crippen molar-refractivity contribution in [3.8, 4) is 0 Å². The summed E-state index contributed by atoms with van der Waals surface area (Å²) in [5.74, 6) is -1.99. The summed E-state index contributed by atoms with van der Waals surface area (Å²) in [6.45, 7) is 1.30. The van der Waals surface area contributed by atoms with E-state index in [9.17, 15) is 14.4 Å². The summed E-state index contributed by atoms with van der Waals surface area (Å²) in [6, 6.07) is 10.4. The number of carboxylic acid groups (broad SMARTS) is 1. The van der Waals surface area contributed by atoms with Gasteiger partial charge in [0.05, 0.1) is 16.3 Å². The SMILES string of the molecule is CC(=O)Nc1ccc(C(=O)O)cc1C(=O)c1ccccc1Cl. The van der Waals surface area contributed by atoms with Crippen LogP contribution in [0.4, 0.5) is 5.69 Å². The molecular weight excluding hydrogens is 306 g/mol. The number of anilines is 1. The highest BCUT2D eigenvalue weighted by Crippen LogP contribution is 2.25. The second-order valence-electron chi connectivity index (χ2n) is 4.56. The molecule has 1 amide bonds. The van der Waals surface area contributed by atoms with Crippen molar-refractivity contribution in [2.45, 2.75) is 6.92 Å². The van der Waals surface area contributed by atoms with Crippen molar-refractivity contribution < 1.29 is 19.5 Å². The predicted octanol–water partition coefficient (Wildman–Crippen LogP) is 3.23. The molecular formula is C16H12ClNO4. The third kappa shape index (κ3) is 3.32. The Balaban J connectivity index is 2.57. The number of hydrogen-bond acceptors (Lipinski definition) is 3. The van der Waals surface area contributed by atoms with E-state index in [1.165, 1.54) is 31.2 Å². The molecule has 0 heterocycles. The van der Waals surface area contributed by atoms with Gasteiger partial charge in [0.2, 0.25) is 5.91 Å². The number of amides is 1. The van der Waals surface area contributed by atoms with Gasteiger partial charge in [0.1, 0.15) is 0 Å². The summed E-state index contributed by atoms with van der Waals surface area (Å²) in [5, 5.41) is 11.8. The van der Waals surface area contributed by atoms with Crippen LogP contribution in [-0.2, 0) is 4.79 Å². The number of halogens is 1. The zero-order valence-corrected chi connectivity index (χ0v) is 12.3. The first-order valence-corrected chi connectivity index (χ1v) is 6.72. The number of ketones is 1. The van der Waals surface area contributed by atoms with Crippen LogP contribution in [0.5, 0.6) is 0 Å². The zero-order valence-electron chi connectivity index (χ0n) is 11.6. The smallest absolute Gasteiger partial charge is 0.335 e. The van der Waals surface area contributed by atoms with E-state index in [4.69, 9.17) is 16.7 Å². The normalized spacial score (nSPS) is 10.1. The molecule has 0 radical (unpaired) electrons. The minimum absolute atomic E-state index is 0.0514. The molecule has 0 spiro atoms. The first kappa shape index (κ1) is 15.7. The van der Waals surface area contributed by atoms with Crippen molar-refractivity contribution in [2.75, 3.05) is 5.32 Å². The van der Waals surface area contributed by atoms with Gasteiger partial charge in [-0.2, -0.15) is 0 Å². The number of benzene rings is 2. The summed E-state index contributed by atoms with van der Waals surface area (Å²) in [4.78, 5) is 34.9. The van der Waals surface area contributed by atoms with Crippen molar-refractivity contribution in [1.82, 2.24) is 0 Å². The van der Waals surface area contributed by atoms with Crippen molar-refractivity contribution >= 4 is 34.9 Å². The maximum atomic E-state index is 12.6. The largest absolute Gasteiger partial charge is 0.478 e. The highest BCUT2D eigenvalue weighted by atomic mass is 35.5. The minimum Gasteiger partial charge on any atom is -0.478 e. The number of aromatic carboxylic acids is 1. The van der Waals surface area contributed by atoms with E-state index in [0.717, 1.165) is 0 Å². The molecule has 2 aromatic rings. The molecule has 0 aliphatic carbocycles. The van der Waals surface area contributed by atoms with Gasteiger partial charge in [-0.25, -0.2) is 4.79 Å². The van der Waals surface area contributed by atoms with E-state index < -0.39 is 11.8 Å². The average Bonchev–Trinajstić information content (AvgIpc) is 2.46. The Kier molecular flexibility index (Phi) is 4.58. The molecule has 0 aliphatic heterocycles. The quantitative estimate of drug-likeness (QED) is 0.848. The predicted molar refractivity (Wildman–Crippen MR) is 82.6 cm³/mol. The average molecular weight is 318 g/mol. The molecule has 22 heavy (non-hydrogen) atoms. The molecule has 0 aliphatic rings. The Morgan fingerprint density at radius 1 is 1.05 bits per heavy atom. The molecule has 0 fully saturated rings. The Bertz CT molecular complexity index is 770. The van der Waals surface area contributed by atoms with E-state index in [2.05, 4.69) is 5.32 Å². The topological polar surface area (TPSA) is 83.5 Å². The van der Waals surface area contributed by atoms with Gasteiger partial charge in [0, 0.05) is 18.1 Å². The van der Waals surface area contributed by atoms with Crippen molar-refractivity contribution in [3.05, 3.63) is 64.2 Å². The number of carboxylic acids is 1. The molecule has 0 atom stereocenters. The fourth-order valence-electron chi connectivity index (χ4n) is 1.95. The third-order valence-electron chi connectivity index (χ3n) is 2.94. The van der Waals surface area contributed by atoms with Gasteiger partial charge in [0.15, 0.2) is 5.78 Å². The minimum atomic E-state index is -1.16. The van der Waals surface area contributed by atoms with Crippen LogP contribution in [0, 0.1) is 0 Å². The van der Waals surface area contributed by atoms with Crippen LogP contribution in [-0.4, -0.2) is 22.8 Å². The second kappa shape index (κ2) is 6.41. The Labute approximate surface area is 131 Å². The fourth-order valence-corrected chi connectivity index (χ4v) is 2.18. The maximum Gasteiger partial charge on any atom is 0.335 e. The summed E-state index contributed by atoms with van der Waals surface area (Å²) in [6.07, 6.45) is 0. The third-order valence-corrected chi connectivity index (χ3v) is 3.27. The lowest BCUT2D eigenvalue weighted by molar-refractivity contribution is -0.114. The molecule has 0 unspecified atom stereocenters. The van der Waals surface area contributed by atoms with Crippen LogP contribution in [0.3, 0.4) is 0 Å². The van der Waals surface area contributed by atoms with Gasteiger partial charge in [0.25, 0.3) is 0 Å². The standard InChI is InChI=1S/C16H12ClNO4/c1-9(19)18-14-7-6-10(16(21)22)8-12(14)15(20)11-4-2-3-5-13(11)17/h2-8H,1H3,(H,18,19)(H,21,22). The van der Waals surface area contributed by atoms with Crippen LogP contribution in [0.1, 0.15) is 33.2 Å². The summed E-state index contributed by atoms with van der Waals surface area (Å²) in [7, 11) is 0. The first-order chi connectivity index (χ1) is 10.4. The van der Waals surface area contributed by atoms with E-state index in [0.29, 0.717) is 0 Å². The lowest BCUT2D eigenvalue weighted by atomic mass is 9.99. The molecule has 2 N–H and O–H groups in total. The van der Waals surface area contributed by atoms with Crippen molar-refractivity contribution in [1.29, 1.82) is 0 Å². The number of carbonyl (C=O) groups excluding carboxylic acids is 2. The van der Waals surface area contributed by atoms with Crippen LogP contribution < -0.4 is 5.32 Å². The van der Waals surface area contributed by atoms with Crippen LogP contribution in [0.15, 0.2) is 42.5 Å². The van der Waals surface area contributed by atoms with Crippen molar-refractivity contribution in [2.24, 2.45) is 0 Å². The number of nitrogens with one attached hydrogen (secondary N) is 1. The number of rotatable bonds is 4. The van der Waals surface area contributed by atoms with E-state index in [-0.39, 0.29) is 33.3 Å². The van der Waals surface area contributed by atoms with Crippen LogP contribution in [0.25, 0.3) is 0 Å². The van der Waals surface area contributed by atoms with E-state index >= 15 is 0 Å². The van der Waals surface area contributed by atoms with Gasteiger partial charge in [-0.15, -0.1) is 0 Å². The molecule has 0 bridgehead atoms. The lowest BCUT2D eigenvalue weighted by Gasteiger charge is -2.11. The maximum absolute atomic E-state index is 12.6. The number of carbonyl (C=O) groups is 3. The lowest BCUT2D eigenvalue weighted by Crippen LogP contribution is -2.13. The summed E-state index contributed by atoms with van der Waals surface area (Å²) < 4.78 is 0. The molecule has 0 saturated carbocycles. The summed E-state index contributed by atoms with van der Waals surface area (Å²) >= 11 is 6.00. The van der Waals surface area contributed by atoms with Crippen LogP contribution in [0.2, 0.25) is 5.02 Å². The van der Waals surface area contributed by atoms with Crippen LogP contribution >= 0.6 is 11.6 Å². The van der Waals surface area contributed by atoms with Gasteiger partial charge in [-0.1, -0.05) is 23.7 Å². The van der Waals surface area contributed by atoms with Gasteiger partial charge >= 0.3 is 5.97 Å². The molecule has 0 saturated heterocycles. The monoisotopic (exact) mass is 317 g/mol. The number of hydrogen-bond donors (Lipinski definition) is 2. The summed E-state index contributed by atoms with van der Waals surface area (Å²) in [5.41, 5.74) is 0.494. The van der Waals surface area contributed by atoms with E-state index in [1.807, 2.05) is 0 Å². The Hall–Kier alpha value is -2.66. The van der Waals surface area contributed by atoms with Crippen molar-refractivity contribution in [3.63, 3.8) is 0 Å². The van der Waals surface area contributed by atoms with Gasteiger partial charge < -0.3 is 10.4 Å². The second-order valence-corrected chi connectivity index (χ2v) is 4.96. The van der Waals surface area contributed by atoms with Gasteiger partial charge in [-0.3, -0.25) is 9.59 Å². The van der Waals surface area contributed by atoms with Gasteiger partial charge in [-0.05, 0) is 30.3 Å². The highest BCUT2D eigenvalue weighted by molar-refractivity contribution is 6.35. The molecule has 5 nitrogen and oxygen atoms in total.